The van der Waals surface area contributed by atoms with Crippen molar-refractivity contribution in [1.82, 2.24) is 0 Å². The zero-order chi connectivity index (χ0) is 9.84. The highest BCUT2D eigenvalue weighted by Gasteiger charge is 2.08. The first-order valence-corrected chi connectivity index (χ1v) is 3.64. The normalized spacial score (nSPS) is 9.77. The molecule has 0 atom stereocenters. The summed E-state index contributed by atoms with van der Waals surface area (Å²) in [5.41, 5.74) is 0.133. The second-order valence-corrected chi connectivity index (χ2v) is 2.49. The van der Waals surface area contributed by atoms with Crippen LogP contribution in [-0.2, 0) is 16.0 Å². The molecule has 0 unspecified atom stereocenters. The van der Waals surface area contributed by atoms with Crippen molar-refractivity contribution in [3.05, 3.63) is 35.4 Å². The average molecular weight is 186 g/mol. The third-order valence-electron chi connectivity index (χ3n) is 1.58. The van der Waals surface area contributed by atoms with Crippen LogP contribution in [0.15, 0.2) is 18.2 Å². The molecule has 0 heterocycles. The standard InChI is InChI=1S/C9H8F2O2/c1-13-9(12)4-6-2-3-7(10)5-8(6)11/h2-3,5H,4H2,1H3. The second kappa shape index (κ2) is 3.98. The number of halogens is 2. The van der Waals surface area contributed by atoms with Crippen molar-refractivity contribution in [2.75, 3.05) is 7.11 Å². The minimum atomic E-state index is -0.731. The molecule has 70 valence electrons. The van der Waals surface area contributed by atoms with Crippen molar-refractivity contribution in [3.8, 4) is 0 Å². The summed E-state index contributed by atoms with van der Waals surface area (Å²) in [7, 11) is 1.21. The Kier molecular flexibility index (Phi) is 2.95. The van der Waals surface area contributed by atoms with Crippen LogP contribution in [-0.4, -0.2) is 13.1 Å². The number of esters is 1. The fraction of sp³-hybridized carbons (Fsp3) is 0.222. The van der Waals surface area contributed by atoms with Gasteiger partial charge in [0, 0.05) is 6.07 Å². The summed E-state index contributed by atoms with van der Waals surface area (Å²) in [4.78, 5) is 10.7. The molecule has 1 aromatic carbocycles. The maximum atomic E-state index is 12.9. The van der Waals surface area contributed by atoms with Gasteiger partial charge in [-0.3, -0.25) is 4.79 Å². The van der Waals surface area contributed by atoms with Gasteiger partial charge in [-0.2, -0.15) is 0 Å². The first-order chi connectivity index (χ1) is 6.13. The quantitative estimate of drug-likeness (QED) is 0.657. The Morgan fingerprint density at radius 2 is 2.15 bits per heavy atom. The summed E-state index contributed by atoms with van der Waals surface area (Å²) in [5, 5.41) is 0. The molecule has 0 N–H and O–H groups in total. The monoisotopic (exact) mass is 186 g/mol. The van der Waals surface area contributed by atoms with Gasteiger partial charge >= 0.3 is 5.97 Å². The summed E-state index contributed by atoms with van der Waals surface area (Å²) in [6.45, 7) is 0. The lowest BCUT2D eigenvalue weighted by Gasteiger charge is -2.01. The van der Waals surface area contributed by atoms with Crippen molar-refractivity contribution in [3.63, 3.8) is 0 Å². The largest absolute Gasteiger partial charge is 0.469 e. The topological polar surface area (TPSA) is 26.3 Å². The van der Waals surface area contributed by atoms with E-state index in [0.29, 0.717) is 0 Å². The van der Waals surface area contributed by atoms with Crippen LogP contribution < -0.4 is 0 Å². The van der Waals surface area contributed by atoms with Gasteiger partial charge in [0.25, 0.3) is 0 Å². The molecule has 0 saturated heterocycles. The second-order valence-electron chi connectivity index (χ2n) is 2.49. The predicted molar refractivity (Wildman–Crippen MR) is 42.1 cm³/mol. The van der Waals surface area contributed by atoms with E-state index in [0.717, 1.165) is 12.1 Å². The fourth-order valence-corrected chi connectivity index (χ4v) is 0.893. The number of hydrogen-bond donors (Lipinski definition) is 0. The molecule has 1 rings (SSSR count). The van der Waals surface area contributed by atoms with Crippen molar-refractivity contribution in [1.29, 1.82) is 0 Å². The van der Waals surface area contributed by atoms with Gasteiger partial charge in [0.2, 0.25) is 0 Å². The number of ether oxygens (including phenoxy) is 1. The Hall–Kier alpha value is -1.45. The Labute approximate surface area is 74.1 Å². The van der Waals surface area contributed by atoms with Crippen LogP contribution in [0.5, 0.6) is 0 Å². The van der Waals surface area contributed by atoms with Crippen molar-refractivity contribution >= 4 is 5.97 Å². The van der Waals surface area contributed by atoms with E-state index < -0.39 is 17.6 Å². The summed E-state index contributed by atoms with van der Waals surface area (Å²) < 4.78 is 29.7. The first kappa shape index (κ1) is 9.64. The lowest BCUT2D eigenvalue weighted by atomic mass is 10.1. The number of methoxy groups -OCH3 is 1. The van der Waals surface area contributed by atoms with Crippen LogP contribution in [0.4, 0.5) is 8.78 Å². The molecule has 0 aliphatic rings. The van der Waals surface area contributed by atoms with Gasteiger partial charge in [0.05, 0.1) is 13.5 Å². The van der Waals surface area contributed by atoms with Gasteiger partial charge in [-0.15, -0.1) is 0 Å². The van der Waals surface area contributed by atoms with Gasteiger partial charge in [-0.1, -0.05) is 6.07 Å². The molecule has 0 bridgehead atoms. The molecule has 0 spiro atoms. The number of benzene rings is 1. The van der Waals surface area contributed by atoms with E-state index in [2.05, 4.69) is 4.74 Å². The van der Waals surface area contributed by atoms with E-state index in [4.69, 9.17) is 0 Å². The van der Waals surface area contributed by atoms with Crippen LogP contribution in [0.25, 0.3) is 0 Å². The zero-order valence-corrected chi connectivity index (χ0v) is 7.01. The Morgan fingerprint density at radius 3 is 2.69 bits per heavy atom. The maximum absolute atomic E-state index is 12.9. The van der Waals surface area contributed by atoms with Gasteiger partial charge in [0.1, 0.15) is 11.6 Å². The van der Waals surface area contributed by atoms with Crippen LogP contribution >= 0.6 is 0 Å². The molecule has 0 fully saturated rings. The van der Waals surface area contributed by atoms with Gasteiger partial charge in [-0.25, -0.2) is 8.78 Å². The van der Waals surface area contributed by atoms with Crippen molar-refractivity contribution < 1.29 is 18.3 Å². The minimum Gasteiger partial charge on any atom is -0.469 e. The summed E-state index contributed by atoms with van der Waals surface area (Å²) in [5.74, 6) is -1.94. The van der Waals surface area contributed by atoms with Crippen LogP contribution in [0, 0.1) is 11.6 Å². The third kappa shape index (κ3) is 2.50. The number of carbonyl (C=O) groups excluding carboxylic acids is 1. The van der Waals surface area contributed by atoms with E-state index >= 15 is 0 Å². The molecule has 2 nitrogen and oxygen atoms in total. The van der Waals surface area contributed by atoms with Crippen molar-refractivity contribution in [2.24, 2.45) is 0 Å². The van der Waals surface area contributed by atoms with E-state index in [1.54, 1.807) is 0 Å². The molecule has 0 amide bonds. The lowest BCUT2D eigenvalue weighted by Crippen LogP contribution is -2.06. The average Bonchev–Trinajstić information content (AvgIpc) is 2.09. The lowest BCUT2D eigenvalue weighted by molar-refractivity contribution is -0.139. The number of rotatable bonds is 2. The minimum absolute atomic E-state index is 0.133. The first-order valence-electron chi connectivity index (χ1n) is 3.64. The molecular formula is C9H8F2O2. The SMILES string of the molecule is COC(=O)Cc1ccc(F)cc1F. The van der Waals surface area contributed by atoms with Gasteiger partial charge in [-0.05, 0) is 11.6 Å². The molecule has 0 radical (unpaired) electrons. The Balaban J connectivity index is 2.83. The smallest absolute Gasteiger partial charge is 0.310 e. The predicted octanol–water partition coefficient (Wildman–Crippen LogP) is 1.68. The molecule has 4 heteroatoms. The fourth-order valence-electron chi connectivity index (χ4n) is 0.893. The number of hydrogen-bond acceptors (Lipinski definition) is 2. The Bertz CT molecular complexity index is 323. The molecule has 0 aromatic heterocycles. The van der Waals surface area contributed by atoms with E-state index in [9.17, 15) is 13.6 Å². The highest BCUT2D eigenvalue weighted by atomic mass is 19.1. The van der Waals surface area contributed by atoms with E-state index in [1.165, 1.54) is 13.2 Å². The van der Waals surface area contributed by atoms with Gasteiger partial charge < -0.3 is 4.74 Å². The third-order valence-corrected chi connectivity index (χ3v) is 1.58. The van der Waals surface area contributed by atoms with Crippen LogP contribution in [0.1, 0.15) is 5.56 Å². The number of carbonyl (C=O) groups is 1. The molecule has 13 heavy (non-hydrogen) atoms. The molecule has 0 aliphatic heterocycles. The summed E-state index contributed by atoms with van der Waals surface area (Å²) >= 11 is 0. The maximum Gasteiger partial charge on any atom is 0.310 e. The zero-order valence-electron chi connectivity index (χ0n) is 7.01. The Morgan fingerprint density at radius 1 is 1.46 bits per heavy atom. The van der Waals surface area contributed by atoms with Crippen LogP contribution in [0.2, 0.25) is 0 Å². The van der Waals surface area contributed by atoms with Crippen molar-refractivity contribution in [2.45, 2.75) is 6.42 Å². The van der Waals surface area contributed by atoms with E-state index in [-0.39, 0.29) is 12.0 Å². The molecule has 0 saturated carbocycles. The highest BCUT2D eigenvalue weighted by molar-refractivity contribution is 5.72. The highest BCUT2D eigenvalue weighted by Crippen LogP contribution is 2.10. The van der Waals surface area contributed by atoms with Crippen LogP contribution in [0.3, 0.4) is 0 Å². The summed E-state index contributed by atoms with van der Waals surface area (Å²) in [6.07, 6.45) is -0.178. The molecular weight excluding hydrogens is 178 g/mol. The van der Waals surface area contributed by atoms with Gasteiger partial charge in [0.15, 0.2) is 0 Å². The summed E-state index contributed by atoms with van der Waals surface area (Å²) in [6, 6.07) is 3.06. The van der Waals surface area contributed by atoms with E-state index in [1.807, 2.05) is 0 Å². The molecule has 0 aliphatic carbocycles. The molecule has 1 aromatic rings.